The molecule has 3 heteroatoms. The summed E-state index contributed by atoms with van der Waals surface area (Å²) in [4.78, 5) is 0. The molecule has 0 aliphatic rings. The van der Waals surface area contributed by atoms with Crippen LogP contribution in [0.1, 0.15) is 13.8 Å². The maximum absolute atomic E-state index is 6.50. The molecule has 0 aromatic carbocycles. The van der Waals surface area contributed by atoms with Gasteiger partial charge in [0, 0.05) is 6.21 Å². The van der Waals surface area contributed by atoms with Gasteiger partial charge < -0.3 is 0 Å². The Morgan fingerprint density at radius 2 is 2.25 bits per heavy atom. The Kier molecular flexibility index (Phi) is 3.84. The summed E-state index contributed by atoms with van der Waals surface area (Å²) in [5.74, 6) is 0.447. The van der Waals surface area contributed by atoms with Crippen LogP contribution in [0.15, 0.2) is 5.10 Å². The Morgan fingerprint density at radius 3 is 2.62 bits per heavy atom. The first-order valence-corrected chi connectivity index (χ1v) is 2.55. The zero-order valence-corrected chi connectivity index (χ0v) is 5.18. The van der Waals surface area contributed by atoms with E-state index >= 15 is 0 Å². The molecule has 0 saturated carbocycles. The van der Waals surface area contributed by atoms with Gasteiger partial charge in [-0.2, -0.15) is 5.10 Å². The normalized spacial score (nSPS) is 10.4. The molecule has 8 heavy (non-hydrogen) atoms. The largest absolute Gasteiger partial charge is 0.290 e. The highest BCUT2D eigenvalue weighted by Crippen LogP contribution is 1.81. The number of hydrogen-bond acceptors (Lipinski definition) is 2. The van der Waals surface area contributed by atoms with E-state index in [1.165, 1.54) is 0 Å². The van der Waals surface area contributed by atoms with Crippen molar-refractivity contribution in [2.75, 3.05) is 0 Å². The lowest BCUT2D eigenvalue weighted by molar-refractivity contribution is 0.886. The molecule has 0 rings (SSSR count). The van der Waals surface area contributed by atoms with Gasteiger partial charge in [0.05, 0.1) is 6.34 Å². The second kappa shape index (κ2) is 4.30. The van der Waals surface area contributed by atoms with E-state index in [0.29, 0.717) is 5.92 Å². The van der Waals surface area contributed by atoms with Crippen molar-refractivity contribution in [2.24, 2.45) is 11.0 Å². The van der Waals surface area contributed by atoms with Gasteiger partial charge in [-0.1, -0.05) is 13.8 Å². The Labute approximate surface area is 49.3 Å². The summed E-state index contributed by atoms with van der Waals surface area (Å²) in [6.07, 6.45) is 2.78. The molecular formula is C5H11N3. The van der Waals surface area contributed by atoms with Gasteiger partial charge in [-0.25, -0.2) is 0 Å². The third kappa shape index (κ3) is 5.14. The molecule has 0 bridgehead atoms. The molecule has 46 valence electrons. The molecule has 3 nitrogen and oxygen atoms in total. The van der Waals surface area contributed by atoms with Gasteiger partial charge in [-0.15, -0.1) is 0 Å². The van der Waals surface area contributed by atoms with Crippen molar-refractivity contribution < 1.29 is 0 Å². The summed E-state index contributed by atoms with van der Waals surface area (Å²) in [5, 5.41) is 10.2. The van der Waals surface area contributed by atoms with Crippen molar-refractivity contribution in [3.8, 4) is 0 Å². The quantitative estimate of drug-likeness (QED) is 0.318. The Balaban J connectivity index is 3.19. The third-order valence-electron chi connectivity index (χ3n) is 0.512. The van der Waals surface area contributed by atoms with Crippen molar-refractivity contribution in [2.45, 2.75) is 13.8 Å². The molecule has 0 atom stereocenters. The van der Waals surface area contributed by atoms with Crippen LogP contribution in [0.3, 0.4) is 0 Å². The molecule has 0 amide bonds. The van der Waals surface area contributed by atoms with Crippen molar-refractivity contribution >= 4 is 12.6 Å². The molecule has 0 aromatic heterocycles. The van der Waals surface area contributed by atoms with Crippen LogP contribution in [0.4, 0.5) is 0 Å². The number of nitrogens with one attached hydrogen (secondary N) is 2. The van der Waals surface area contributed by atoms with E-state index in [1.807, 2.05) is 13.8 Å². The zero-order chi connectivity index (χ0) is 6.41. The van der Waals surface area contributed by atoms with Gasteiger partial charge in [0.25, 0.3) is 0 Å². The van der Waals surface area contributed by atoms with Gasteiger partial charge >= 0.3 is 0 Å². The minimum atomic E-state index is 0.447. The summed E-state index contributed by atoms with van der Waals surface area (Å²) in [6, 6.07) is 0. The number of hydrogen-bond donors (Lipinski definition) is 2. The van der Waals surface area contributed by atoms with Gasteiger partial charge in [-0.05, 0) is 5.92 Å². The van der Waals surface area contributed by atoms with Gasteiger partial charge in [0.2, 0.25) is 0 Å². The summed E-state index contributed by atoms with van der Waals surface area (Å²) < 4.78 is 0. The first-order chi connectivity index (χ1) is 3.77. The van der Waals surface area contributed by atoms with Gasteiger partial charge in [0.1, 0.15) is 0 Å². The van der Waals surface area contributed by atoms with E-state index in [0.717, 1.165) is 6.34 Å². The predicted molar refractivity (Wildman–Crippen MR) is 35.2 cm³/mol. The highest BCUT2D eigenvalue weighted by molar-refractivity contribution is 5.61. The number of nitrogens with zero attached hydrogens (tertiary/aromatic N) is 1. The van der Waals surface area contributed by atoms with E-state index in [2.05, 4.69) is 10.5 Å². The maximum Gasteiger partial charge on any atom is 0.0998 e. The van der Waals surface area contributed by atoms with Crippen LogP contribution in [0.25, 0.3) is 0 Å². The van der Waals surface area contributed by atoms with Crippen molar-refractivity contribution in [1.29, 1.82) is 5.41 Å². The predicted octanol–water partition coefficient (Wildman–Crippen LogP) is 0.825. The first kappa shape index (κ1) is 7.14. The van der Waals surface area contributed by atoms with Crippen molar-refractivity contribution in [3.63, 3.8) is 0 Å². The number of rotatable bonds is 3. The fraction of sp³-hybridized carbons (Fsp3) is 0.600. The molecule has 0 spiro atoms. The fourth-order valence-electron chi connectivity index (χ4n) is 0.229. The second-order valence-corrected chi connectivity index (χ2v) is 1.80. The van der Waals surface area contributed by atoms with E-state index in [4.69, 9.17) is 5.41 Å². The van der Waals surface area contributed by atoms with Crippen LogP contribution < -0.4 is 5.43 Å². The minimum absolute atomic E-state index is 0.447. The molecule has 0 radical (unpaired) electrons. The smallest absolute Gasteiger partial charge is 0.0998 e. The molecule has 0 fully saturated rings. The number of hydrazone groups is 1. The van der Waals surface area contributed by atoms with E-state index in [9.17, 15) is 0 Å². The van der Waals surface area contributed by atoms with Crippen LogP contribution in [-0.2, 0) is 0 Å². The van der Waals surface area contributed by atoms with E-state index < -0.39 is 0 Å². The molecule has 0 saturated heterocycles. The van der Waals surface area contributed by atoms with Gasteiger partial charge in [-0.3, -0.25) is 10.8 Å². The summed E-state index contributed by atoms with van der Waals surface area (Å²) in [5.41, 5.74) is 2.39. The molecular weight excluding hydrogens is 102 g/mol. The lowest BCUT2D eigenvalue weighted by Crippen LogP contribution is -2.01. The molecule has 2 N–H and O–H groups in total. The maximum atomic E-state index is 6.50. The third-order valence-corrected chi connectivity index (χ3v) is 0.512. The highest BCUT2D eigenvalue weighted by Gasteiger charge is 1.80. The standard InChI is InChI=1S/C5H11N3/c1-5(2)3-7-8-4-6/h3-5H,1-2H3,(H2,6,8)/b7-3+. The molecule has 0 aliphatic carbocycles. The van der Waals surface area contributed by atoms with Crippen molar-refractivity contribution in [1.82, 2.24) is 5.43 Å². The Morgan fingerprint density at radius 1 is 1.62 bits per heavy atom. The fourth-order valence-corrected chi connectivity index (χ4v) is 0.229. The van der Waals surface area contributed by atoms with Crippen LogP contribution in [-0.4, -0.2) is 12.6 Å². The summed E-state index contributed by atoms with van der Waals surface area (Å²) in [6.45, 7) is 4.05. The molecule has 0 aromatic rings. The lowest BCUT2D eigenvalue weighted by Gasteiger charge is -1.90. The van der Waals surface area contributed by atoms with Crippen LogP contribution in [0.5, 0.6) is 0 Å². The minimum Gasteiger partial charge on any atom is -0.290 e. The second-order valence-electron chi connectivity index (χ2n) is 1.80. The monoisotopic (exact) mass is 113 g/mol. The topological polar surface area (TPSA) is 48.2 Å². The van der Waals surface area contributed by atoms with Crippen LogP contribution in [0, 0.1) is 11.3 Å². The van der Waals surface area contributed by atoms with Gasteiger partial charge in [0.15, 0.2) is 0 Å². The Bertz CT molecular complexity index is 85.7. The SMILES string of the molecule is CC(C)/C=N/NC=N. The molecule has 0 aliphatic heterocycles. The zero-order valence-electron chi connectivity index (χ0n) is 5.18. The van der Waals surface area contributed by atoms with Crippen LogP contribution >= 0.6 is 0 Å². The highest BCUT2D eigenvalue weighted by atomic mass is 15.3. The average Bonchev–Trinajstić information content (AvgIpc) is 1.66. The lowest BCUT2D eigenvalue weighted by atomic mass is 10.3. The summed E-state index contributed by atoms with van der Waals surface area (Å²) >= 11 is 0. The Hall–Kier alpha value is -0.860. The average molecular weight is 113 g/mol. The molecule has 0 unspecified atom stereocenters. The first-order valence-electron chi connectivity index (χ1n) is 2.55. The van der Waals surface area contributed by atoms with Crippen molar-refractivity contribution in [3.05, 3.63) is 0 Å². The van der Waals surface area contributed by atoms with E-state index in [-0.39, 0.29) is 0 Å². The summed E-state index contributed by atoms with van der Waals surface area (Å²) in [7, 11) is 0. The van der Waals surface area contributed by atoms with E-state index in [1.54, 1.807) is 6.21 Å². The molecule has 0 heterocycles. The van der Waals surface area contributed by atoms with Crippen LogP contribution in [0.2, 0.25) is 0 Å².